The van der Waals surface area contributed by atoms with Crippen LogP contribution < -0.4 is 5.32 Å². The molecule has 0 aliphatic carbocycles. The Morgan fingerprint density at radius 3 is 2.46 bits per heavy atom. The highest BCUT2D eigenvalue weighted by Crippen LogP contribution is 2.28. The van der Waals surface area contributed by atoms with E-state index in [1.807, 2.05) is 27.7 Å². The van der Waals surface area contributed by atoms with Crippen molar-refractivity contribution in [3.63, 3.8) is 0 Å². The molecule has 0 radical (unpaired) electrons. The van der Waals surface area contributed by atoms with Crippen molar-refractivity contribution in [1.29, 1.82) is 0 Å². The lowest BCUT2D eigenvalue weighted by atomic mass is 9.95. The highest BCUT2D eigenvalue weighted by Gasteiger charge is 2.32. The maximum Gasteiger partial charge on any atom is 0.274 e. The number of aryl methyl sites for hydroxylation is 1. The van der Waals surface area contributed by atoms with Gasteiger partial charge in [0.15, 0.2) is 5.69 Å². The predicted molar refractivity (Wildman–Crippen MR) is 132 cm³/mol. The van der Waals surface area contributed by atoms with E-state index < -0.39 is 0 Å². The second kappa shape index (κ2) is 10.4. The van der Waals surface area contributed by atoms with E-state index in [1.54, 1.807) is 6.33 Å². The van der Waals surface area contributed by atoms with Gasteiger partial charge in [0, 0.05) is 25.6 Å². The largest absolute Gasteiger partial charge is 0.365 e. The Balaban J connectivity index is 1.13. The van der Waals surface area contributed by atoms with E-state index in [1.165, 1.54) is 5.56 Å². The summed E-state index contributed by atoms with van der Waals surface area (Å²) in [4.78, 5) is 32.2. The summed E-state index contributed by atoms with van der Waals surface area (Å²) in [6.07, 6.45) is 4.03. The number of likely N-dealkylation sites (tertiary alicyclic amines) is 1. The van der Waals surface area contributed by atoms with Crippen molar-refractivity contribution in [2.75, 3.05) is 13.1 Å². The van der Waals surface area contributed by atoms with Crippen LogP contribution in [0, 0.1) is 5.92 Å². The van der Waals surface area contributed by atoms with Crippen LogP contribution in [0.15, 0.2) is 60.9 Å². The Hall–Kier alpha value is -3.45. The van der Waals surface area contributed by atoms with Gasteiger partial charge in [0.2, 0.25) is 5.91 Å². The van der Waals surface area contributed by atoms with Crippen molar-refractivity contribution >= 4 is 11.8 Å². The van der Waals surface area contributed by atoms with Crippen LogP contribution in [0.5, 0.6) is 0 Å². The third-order valence-electron chi connectivity index (χ3n) is 7.15. The van der Waals surface area contributed by atoms with Crippen molar-refractivity contribution < 1.29 is 14.3 Å². The van der Waals surface area contributed by atoms with Crippen LogP contribution in [0.3, 0.4) is 0 Å². The average Bonchev–Trinajstić information content (AvgIpc) is 3.35. The zero-order valence-electron chi connectivity index (χ0n) is 20.2. The number of amides is 2. The molecular weight excluding hydrogens is 440 g/mol. The number of imidazole rings is 1. The minimum absolute atomic E-state index is 0.0420. The lowest BCUT2D eigenvalue weighted by molar-refractivity contribution is -0.126. The molecule has 1 fully saturated rings. The molecule has 7 heteroatoms. The fourth-order valence-corrected chi connectivity index (χ4v) is 4.90. The van der Waals surface area contributed by atoms with Gasteiger partial charge < -0.3 is 19.5 Å². The van der Waals surface area contributed by atoms with Gasteiger partial charge in [-0.25, -0.2) is 4.98 Å². The fourth-order valence-electron chi connectivity index (χ4n) is 4.90. The molecule has 0 spiro atoms. The van der Waals surface area contributed by atoms with E-state index in [9.17, 15) is 9.59 Å². The lowest BCUT2D eigenvalue weighted by Gasteiger charge is -2.31. The van der Waals surface area contributed by atoms with Gasteiger partial charge in [-0.05, 0) is 36.0 Å². The Bertz CT molecular complexity index is 1160. The van der Waals surface area contributed by atoms with Crippen LogP contribution in [0.1, 0.15) is 58.7 Å². The first kappa shape index (κ1) is 23.3. The third-order valence-corrected chi connectivity index (χ3v) is 7.15. The SMILES string of the molecule is CCc1ccc(CNC(=O)C2CCN(C(=O)c3ncn4c3CO[C@@H](c3ccccc3)C4)CC2)cc1. The summed E-state index contributed by atoms with van der Waals surface area (Å²) in [7, 11) is 0. The number of piperidine rings is 1. The highest BCUT2D eigenvalue weighted by molar-refractivity contribution is 5.93. The van der Waals surface area contributed by atoms with E-state index in [0.29, 0.717) is 51.3 Å². The minimum Gasteiger partial charge on any atom is -0.365 e. The summed E-state index contributed by atoms with van der Waals surface area (Å²) in [5.74, 6) is -0.0772. The van der Waals surface area contributed by atoms with Gasteiger partial charge in [-0.3, -0.25) is 9.59 Å². The summed E-state index contributed by atoms with van der Waals surface area (Å²) in [5, 5.41) is 3.06. The van der Waals surface area contributed by atoms with Crippen molar-refractivity contribution in [2.24, 2.45) is 5.92 Å². The van der Waals surface area contributed by atoms with Gasteiger partial charge in [0.25, 0.3) is 5.91 Å². The Morgan fingerprint density at radius 1 is 1.03 bits per heavy atom. The molecule has 5 rings (SSSR count). The number of hydrogen-bond acceptors (Lipinski definition) is 4. The van der Waals surface area contributed by atoms with Crippen LogP contribution in [0.2, 0.25) is 0 Å². The summed E-state index contributed by atoms with van der Waals surface area (Å²) in [5.41, 5.74) is 4.81. The van der Waals surface area contributed by atoms with Crippen LogP contribution in [-0.2, 0) is 35.6 Å². The second-order valence-corrected chi connectivity index (χ2v) is 9.36. The number of ether oxygens (including phenoxy) is 1. The number of carbonyl (C=O) groups excluding carboxylic acids is 2. The van der Waals surface area contributed by atoms with Crippen LogP contribution in [-0.4, -0.2) is 39.4 Å². The van der Waals surface area contributed by atoms with E-state index in [4.69, 9.17) is 4.74 Å². The van der Waals surface area contributed by atoms with E-state index >= 15 is 0 Å². The normalized spacial score (nSPS) is 18.2. The minimum atomic E-state index is -0.0737. The zero-order chi connectivity index (χ0) is 24.2. The fraction of sp³-hybridized carbons (Fsp3) is 0.393. The first-order chi connectivity index (χ1) is 17.1. The molecular formula is C28H32N4O3. The van der Waals surface area contributed by atoms with Crippen molar-refractivity contribution in [1.82, 2.24) is 19.8 Å². The van der Waals surface area contributed by atoms with E-state index in [0.717, 1.165) is 23.2 Å². The van der Waals surface area contributed by atoms with Gasteiger partial charge in [-0.2, -0.15) is 0 Å². The van der Waals surface area contributed by atoms with Gasteiger partial charge in [0.1, 0.15) is 6.10 Å². The number of hydrogen-bond donors (Lipinski definition) is 1. The van der Waals surface area contributed by atoms with Gasteiger partial charge >= 0.3 is 0 Å². The number of aromatic nitrogens is 2. The summed E-state index contributed by atoms with van der Waals surface area (Å²) >= 11 is 0. The molecule has 7 nitrogen and oxygen atoms in total. The molecule has 0 bridgehead atoms. The molecule has 1 saturated heterocycles. The molecule has 2 aliphatic rings. The Kier molecular flexibility index (Phi) is 6.95. The molecule has 3 aromatic rings. The van der Waals surface area contributed by atoms with Crippen molar-refractivity contribution in [3.05, 3.63) is 89.0 Å². The number of fused-ring (bicyclic) bond motifs is 1. The number of nitrogens with zero attached hydrogens (tertiary/aromatic N) is 3. The first-order valence-corrected chi connectivity index (χ1v) is 12.5. The number of carbonyl (C=O) groups is 2. The number of nitrogens with one attached hydrogen (secondary N) is 1. The average molecular weight is 473 g/mol. The highest BCUT2D eigenvalue weighted by atomic mass is 16.5. The van der Waals surface area contributed by atoms with Gasteiger partial charge in [-0.1, -0.05) is 61.5 Å². The molecule has 0 unspecified atom stereocenters. The third kappa shape index (κ3) is 5.15. The molecule has 0 saturated carbocycles. The molecule has 2 amide bonds. The van der Waals surface area contributed by atoms with Gasteiger partial charge in [0.05, 0.1) is 25.2 Å². The molecule has 1 N–H and O–H groups in total. The van der Waals surface area contributed by atoms with Crippen LogP contribution in [0.4, 0.5) is 0 Å². The second-order valence-electron chi connectivity index (χ2n) is 9.36. The van der Waals surface area contributed by atoms with E-state index in [-0.39, 0.29) is 23.8 Å². The Morgan fingerprint density at radius 2 is 1.74 bits per heavy atom. The zero-order valence-corrected chi connectivity index (χ0v) is 20.2. The monoisotopic (exact) mass is 472 g/mol. The maximum atomic E-state index is 13.2. The standard InChI is InChI=1S/C28H32N4O3/c1-2-20-8-10-21(11-9-20)16-29-27(33)23-12-14-31(15-13-23)28(34)26-24-18-35-25(17-32(24)19-30-26)22-6-4-3-5-7-22/h3-11,19,23,25H,2,12-18H2,1H3,(H,29,33)/t25-/m1/s1. The van der Waals surface area contributed by atoms with E-state index in [2.05, 4.69) is 53.6 Å². The van der Waals surface area contributed by atoms with Crippen molar-refractivity contribution in [2.45, 2.75) is 52.0 Å². The lowest BCUT2D eigenvalue weighted by Crippen LogP contribution is -2.43. The molecule has 182 valence electrons. The number of benzene rings is 2. The summed E-state index contributed by atoms with van der Waals surface area (Å²) in [6, 6.07) is 18.5. The van der Waals surface area contributed by atoms with Crippen LogP contribution in [0.25, 0.3) is 0 Å². The summed E-state index contributed by atoms with van der Waals surface area (Å²) in [6.45, 7) is 4.78. The van der Waals surface area contributed by atoms with Crippen molar-refractivity contribution in [3.8, 4) is 0 Å². The molecule has 2 aliphatic heterocycles. The predicted octanol–water partition coefficient (Wildman–Crippen LogP) is 3.89. The van der Waals surface area contributed by atoms with Crippen LogP contribution >= 0.6 is 0 Å². The maximum absolute atomic E-state index is 13.2. The topological polar surface area (TPSA) is 76.5 Å². The first-order valence-electron chi connectivity index (χ1n) is 12.5. The summed E-state index contributed by atoms with van der Waals surface area (Å²) < 4.78 is 8.10. The van der Waals surface area contributed by atoms with Gasteiger partial charge in [-0.15, -0.1) is 0 Å². The molecule has 35 heavy (non-hydrogen) atoms. The quantitative estimate of drug-likeness (QED) is 0.591. The molecule has 3 heterocycles. The molecule has 1 atom stereocenters. The number of rotatable bonds is 6. The molecule has 2 aromatic carbocycles. The smallest absolute Gasteiger partial charge is 0.274 e. The Labute approximate surface area is 206 Å². The molecule has 1 aromatic heterocycles.